The smallest absolute Gasteiger partial charge is 0.258 e. The Morgan fingerprint density at radius 1 is 1.20 bits per heavy atom. The van der Waals surface area contributed by atoms with E-state index >= 15 is 0 Å². The second kappa shape index (κ2) is 7.09. The molecule has 0 unspecified atom stereocenters. The fourth-order valence-corrected chi connectivity index (χ4v) is 5.20. The number of hydrogen-bond donors (Lipinski definition) is 0. The summed E-state index contributed by atoms with van der Waals surface area (Å²) in [7, 11) is -1.72. The number of anilines is 1. The van der Waals surface area contributed by atoms with Crippen LogP contribution in [0.4, 0.5) is 5.95 Å². The zero-order valence-electron chi connectivity index (χ0n) is 16.6. The van der Waals surface area contributed by atoms with Crippen molar-refractivity contribution in [3.63, 3.8) is 0 Å². The van der Waals surface area contributed by atoms with Gasteiger partial charge < -0.3 is 9.30 Å². The molecule has 0 N–H and O–H groups in total. The summed E-state index contributed by atoms with van der Waals surface area (Å²) in [6.45, 7) is 0.930. The Bertz CT molecular complexity index is 1300. The third-order valence-corrected chi connectivity index (χ3v) is 7.40. The number of rotatable bonds is 5. The molecular weight excluding hydrogens is 404 g/mol. The Balaban J connectivity index is 1.71. The first-order chi connectivity index (χ1) is 14.4. The van der Waals surface area contributed by atoms with Gasteiger partial charge in [-0.3, -0.25) is 4.79 Å². The summed E-state index contributed by atoms with van der Waals surface area (Å²) in [4.78, 5) is 21.5. The second-order valence-electron chi connectivity index (χ2n) is 7.88. The Hall–Kier alpha value is -2.94. The van der Waals surface area contributed by atoms with Crippen LogP contribution < -0.4 is 14.6 Å². The molecule has 2 aliphatic rings. The molecule has 1 saturated heterocycles. The molecule has 0 amide bonds. The molecular formula is C21H22N4O4S. The molecule has 1 aliphatic carbocycles. The minimum atomic E-state index is -3.41. The number of hydrogen-bond acceptors (Lipinski definition) is 6. The highest BCUT2D eigenvalue weighted by Gasteiger charge is 2.32. The van der Waals surface area contributed by atoms with E-state index in [1.165, 1.54) is 8.87 Å². The Morgan fingerprint density at radius 2 is 1.97 bits per heavy atom. The first kappa shape index (κ1) is 19.0. The number of benzene rings is 1. The lowest BCUT2D eigenvalue weighted by molar-refractivity contribution is 0.299. The van der Waals surface area contributed by atoms with Gasteiger partial charge in [-0.1, -0.05) is 18.2 Å². The second-order valence-corrected chi connectivity index (χ2v) is 9.90. The highest BCUT2D eigenvalue weighted by atomic mass is 32.2. The Kier molecular flexibility index (Phi) is 4.50. The topological polar surface area (TPSA) is 94.4 Å². The third kappa shape index (κ3) is 3.32. The zero-order valence-corrected chi connectivity index (χ0v) is 17.4. The summed E-state index contributed by atoms with van der Waals surface area (Å²) in [5, 5.41) is 1.31. The van der Waals surface area contributed by atoms with E-state index in [2.05, 4.69) is 9.97 Å². The maximum absolute atomic E-state index is 12.6. The number of sulfonamides is 1. The average Bonchev–Trinajstić information content (AvgIpc) is 3.50. The van der Waals surface area contributed by atoms with Crippen LogP contribution in [0.15, 0.2) is 41.5 Å². The summed E-state index contributed by atoms with van der Waals surface area (Å²) in [6.07, 6.45) is 6.10. The van der Waals surface area contributed by atoms with Gasteiger partial charge in [-0.25, -0.2) is 22.7 Å². The van der Waals surface area contributed by atoms with Crippen molar-refractivity contribution in [2.24, 2.45) is 13.0 Å². The zero-order chi connectivity index (χ0) is 20.9. The summed E-state index contributed by atoms with van der Waals surface area (Å²) in [6, 6.07) is 7.33. The van der Waals surface area contributed by atoms with E-state index < -0.39 is 10.0 Å². The molecule has 0 bridgehead atoms. The van der Waals surface area contributed by atoms with Gasteiger partial charge in [0.25, 0.3) is 5.56 Å². The van der Waals surface area contributed by atoms with E-state index in [1.54, 1.807) is 25.5 Å². The van der Waals surface area contributed by atoms with E-state index in [0.717, 1.165) is 18.2 Å². The molecule has 1 aliphatic heterocycles. The molecule has 8 nitrogen and oxygen atoms in total. The first-order valence-electron chi connectivity index (χ1n) is 10.0. The number of aromatic nitrogens is 3. The van der Waals surface area contributed by atoms with Crippen molar-refractivity contribution in [2.45, 2.75) is 19.3 Å². The molecule has 5 rings (SSSR count). The average molecular weight is 426 g/mol. The molecule has 3 heterocycles. The number of aryl methyl sites for hydroxylation is 1. The summed E-state index contributed by atoms with van der Waals surface area (Å²) >= 11 is 0. The van der Waals surface area contributed by atoms with Crippen LogP contribution in [-0.2, 0) is 17.1 Å². The lowest BCUT2D eigenvalue weighted by atomic mass is 10.0. The van der Waals surface area contributed by atoms with Crippen LogP contribution in [0.1, 0.15) is 19.3 Å². The fraction of sp³-hybridized carbons (Fsp3) is 0.381. The Labute approximate surface area is 174 Å². The van der Waals surface area contributed by atoms with Crippen molar-refractivity contribution < 1.29 is 13.2 Å². The molecule has 156 valence electrons. The van der Waals surface area contributed by atoms with Crippen LogP contribution in [0.25, 0.3) is 22.0 Å². The minimum absolute atomic E-state index is 0.0917. The molecule has 0 atom stereocenters. The molecule has 2 fully saturated rings. The number of nitrogens with zero attached hydrogens (tertiary/aromatic N) is 4. The van der Waals surface area contributed by atoms with Crippen molar-refractivity contribution >= 4 is 26.7 Å². The van der Waals surface area contributed by atoms with E-state index in [0.29, 0.717) is 47.9 Å². The normalized spacial score (nSPS) is 18.1. The lowest BCUT2D eigenvalue weighted by Crippen LogP contribution is -2.27. The standard InChI is InChI=1S/C21H22N4O4S/c1-24-12-17(15-5-2-3-6-16(15)20(24)26)19-18(29-13-14-7-8-14)11-22-21(23-19)25-9-4-10-30(25,27)28/h2-3,5-6,11-12,14H,4,7-10,13H2,1H3. The van der Waals surface area contributed by atoms with Crippen LogP contribution in [-0.4, -0.2) is 41.9 Å². The van der Waals surface area contributed by atoms with Gasteiger partial charge in [0.15, 0.2) is 5.75 Å². The van der Waals surface area contributed by atoms with Crippen molar-refractivity contribution in [3.8, 4) is 17.0 Å². The molecule has 9 heteroatoms. The van der Waals surface area contributed by atoms with Gasteiger partial charge in [0.1, 0.15) is 5.69 Å². The monoisotopic (exact) mass is 426 g/mol. The Morgan fingerprint density at radius 3 is 2.67 bits per heavy atom. The minimum Gasteiger partial charge on any atom is -0.489 e. The molecule has 2 aromatic heterocycles. The van der Waals surface area contributed by atoms with Crippen LogP contribution in [0, 0.1) is 5.92 Å². The molecule has 1 aromatic carbocycles. The van der Waals surface area contributed by atoms with E-state index in [4.69, 9.17) is 4.74 Å². The highest BCUT2D eigenvalue weighted by molar-refractivity contribution is 7.93. The molecule has 0 radical (unpaired) electrons. The van der Waals surface area contributed by atoms with Gasteiger partial charge in [0, 0.05) is 30.7 Å². The van der Waals surface area contributed by atoms with Gasteiger partial charge in [-0.2, -0.15) is 0 Å². The molecule has 1 saturated carbocycles. The molecule has 3 aromatic rings. The van der Waals surface area contributed by atoms with Crippen LogP contribution >= 0.6 is 0 Å². The molecule has 0 spiro atoms. The number of fused-ring (bicyclic) bond motifs is 1. The fourth-order valence-electron chi connectivity index (χ4n) is 3.74. The predicted octanol–water partition coefficient (Wildman–Crippen LogP) is 2.32. The van der Waals surface area contributed by atoms with Gasteiger partial charge >= 0.3 is 0 Å². The summed E-state index contributed by atoms with van der Waals surface area (Å²) < 4.78 is 33.6. The SMILES string of the molecule is Cn1cc(-c2nc(N3CCCS3(=O)=O)ncc2OCC2CC2)c2ccccc2c1=O. The maximum atomic E-state index is 12.6. The van der Waals surface area contributed by atoms with Crippen LogP contribution in [0.2, 0.25) is 0 Å². The van der Waals surface area contributed by atoms with Crippen molar-refractivity contribution in [1.29, 1.82) is 0 Å². The van der Waals surface area contributed by atoms with Gasteiger partial charge in [0.05, 0.1) is 18.6 Å². The van der Waals surface area contributed by atoms with Crippen molar-refractivity contribution in [2.75, 3.05) is 23.2 Å². The van der Waals surface area contributed by atoms with E-state index in [1.807, 2.05) is 18.2 Å². The molecule has 30 heavy (non-hydrogen) atoms. The van der Waals surface area contributed by atoms with Crippen molar-refractivity contribution in [1.82, 2.24) is 14.5 Å². The van der Waals surface area contributed by atoms with Crippen molar-refractivity contribution in [3.05, 3.63) is 47.0 Å². The lowest BCUT2D eigenvalue weighted by Gasteiger charge is -2.18. The number of pyridine rings is 1. The third-order valence-electron chi connectivity index (χ3n) is 5.58. The summed E-state index contributed by atoms with van der Waals surface area (Å²) in [5.74, 6) is 1.26. The van der Waals surface area contributed by atoms with E-state index in [-0.39, 0.29) is 17.3 Å². The maximum Gasteiger partial charge on any atom is 0.258 e. The number of ether oxygens (including phenoxy) is 1. The van der Waals surface area contributed by atoms with Gasteiger partial charge in [-0.05, 0) is 36.6 Å². The van der Waals surface area contributed by atoms with E-state index in [9.17, 15) is 13.2 Å². The van der Waals surface area contributed by atoms with Crippen LogP contribution in [0.5, 0.6) is 5.75 Å². The highest BCUT2D eigenvalue weighted by Crippen LogP contribution is 2.36. The predicted molar refractivity (Wildman–Crippen MR) is 114 cm³/mol. The first-order valence-corrected chi connectivity index (χ1v) is 11.6. The van der Waals surface area contributed by atoms with Gasteiger partial charge in [0.2, 0.25) is 16.0 Å². The van der Waals surface area contributed by atoms with Gasteiger partial charge in [-0.15, -0.1) is 0 Å². The van der Waals surface area contributed by atoms with Crippen LogP contribution in [0.3, 0.4) is 0 Å². The largest absolute Gasteiger partial charge is 0.489 e. The summed E-state index contributed by atoms with van der Waals surface area (Å²) in [5.41, 5.74) is 1.10. The quantitative estimate of drug-likeness (QED) is 0.622.